The van der Waals surface area contributed by atoms with Gasteiger partial charge in [-0.15, -0.1) is 0 Å². The summed E-state index contributed by atoms with van der Waals surface area (Å²) >= 11 is 3.40. The SMILES string of the molecule is C[C@H](NC(=O)C[C@@H](NC(N)=O)c1cccc(Br)c1)c1ccc(-n2cncn2)cc1. The number of urea groups is 1. The fraction of sp³-hybridized carbons (Fsp3) is 0.200. The lowest BCUT2D eigenvalue weighted by Gasteiger charge is -2.20. The highest BCUT2D eigenvalue weighted by molar-refractivity contribution is 9.10. The minimum absolute atomic E-state index is 0.0702. The van der Waals surface area contributed by atoms with Gasteiger partial charge in [0.1, 0.15) is 12.7 Å². The Labute approximate surface area is 176 Å². The zero-order chi connectivity index (χ0) is 20.8. The highest BCUT2D eigenvalue weighted by atomic mass is 79.9. The molecule has 0 spiro atoms. The molecule has 0 bridgehead atoms. The van der Waals surface area contributed by atoms with E-state index in [0.717, 1.165) is 21.3 Å². The average Bonchev–Trinajstić information content (AvgIpc) is 3.22. The van der Waals surface area contributed by atoms with Crippen LogP contribution in [-0.4, -0.2) is 26.7 Å². The third-order valence-corrected chi connectivity index (χ3v) is 4.90. The summed E-state index contributed by atoms with van der Waals surface area (Å²) in [4.78, 5) is 27.9. The van der Waals surface area contributed by atoms with Crippen LogP contribution in [0.3, 0.4) is 0 Å². The molecule has 2 aromatic carbocycles. The van der Waals surface area contributed by atoms with E-state index in [-0.39, 0.29) is 18.4 Å². The predicted molar refractivity (Wildman–Crippen MR) is 112 cm³/mol. The van der Waals surface area contributed by atoms with E-state index < -0.39 is 12.1 Å². The molecule has 4 N–H and O–H groups in total. The zero-order valence-electron chi connectivity index (χ0n) is 15.7. The van der Waals surface area contributed by atoms with E-state index in [0.29, 0.717) is 0 Å². The van der Waals surface area contributed by atoms with Crippen molar-refractivity contribution < 1.29 is 9.59 Å². The molecular weight excluding hydrogens is 436 g/mol. The van der Waals surface area contributed by atoms with Gasteiger partial charge in [0.15, 0.2) is 0 Å². The maximum Gasteiger partial charge on any atom is 0.312 e. The number of nitrogens with zero attached hydrogens (tertiary/aromatic N) is 3. The first-order valence-corrected chi connectivity index (χ1v) is 9.77. The first-order chi connectivity index (χ1) is 13.9. The van der Waals surface area contributed by atoms with Crippen molar-refractivity contribution in [2.75, 3.05) is 0 Å². The number of nitrogens with one attached hydrogen (secondary N) is 2. The maximum absolute atomic E-state index is 12.6. The molecule has 1 aromatic heterocycles. The molecule has 150 valence electrons. The van der Waals surface area contributed by atoms with E-state index in [9.17, 15) is 9.59 Å². The van der Waals surface area contributed by atoms with Crippen molar-refractivity contribution in [3.05, 3.63) is 76.8 Å². The zero-order valence-corrected chi connectivity index (χ0v) is 17.3. The molecule has 9 heteroatoms. The monoisotopic (exact) mass is 456 g/mol. The van der Waals surface area contributed by atoms with Gasteiger partial charge in [-0.2, -0.15) is 5.10 Å². The number of hydrogen-bond acceptors (Lipinski definition) is 4. The van der Waals surface area contributed by atoms with Crippen molar-refractivity contribution in [2.24, 2.45) is 5.73 Å². The summed E-state index contributed by atoms with van der Waals surface area (Å²) in [5.74, 6) is -0.198. The number of primary amides is 1. The fourth-order valence-corrected chi connectivity index (χ4v) is 3.39. The van der Waals surface area contributed by atoms with Crippen LogP contribution in [0.15, 0.2) is 65.7 Å². The van der Waals surface area contributed by atoms with Crippen LogP contribution >= 0.6 is 15.9 Å². The van der Waals surface area contributed by atoms with E-state index in [1.165, 1.54) is 6.33 Å². The molecule has 0 aliphatic heterocycles. The summed E-state index contributed by atoms with van der Waals surface area (Å²) in [6, 6.07) is 13.7. The average molecular weight is 457 g/mol. The van der Waals surface area contributed by atoms with E-state index in [1.54, 1.807) is 11.0 Å². The van der Waals surface area contributed by atoms with Gasteiger partial charge >= 0.3 is 6.03 Å². The minimum Gasteiger partial charge on any atom is -0.352 e. The highest BCUT2D eigenvalue weighted by Crippen LogP contribution is 2.22. The van der Waals surface area contributed by atoms with Crippen molar-refractivity contribution >= 4 is 27.9 Å². The molecule has 0 fully saturated rings. The van der Waals surface area contributed by atoms with E-state index in [1.807, 2.05) is 55.5 Å². The Morgan fingerprint density at radius 1 is 1.14 bits per heavy atom. The Kier molecular flexibility index (Phi) is 6.61. The van der Waals surface area contributed by atoms with E-state index in [2.05, 4.69) is 36.6 Å². The first kappa shape index (κ1) is 20.5. The van der Waals surface area contributed by atoms with Crippen molar-refractivity contribution in [3.63, 3.8) is 0 Å². The Hall–Kier alpha value is -3.20. The number of hydrogen-bond donors (Lipinski definition) is 3. The summed E-state index contributed by atoms with van der Waals surface area (Å²) in [6.45, 7) is 1.90. The molecule has 0 saturated heterocycles. The highest BCUT2D eigenvalue weighted by Gasteiger charge is 2.19. The summed E-state index contributed by atoms with van der Waals surface area (Å²) in [5.41, 5.74) is 7.90. The number of carbonyl (C=O) groups excluding carboxylic acids is 2. The molecule has 0 saturated carbocycles. The summed E-state index contributed by atoms with van der Waals surface area (Å²) in [5, 5.41) is 9.68. The van der Waals surface area contributed by atoms with Crippen LogP contribution in [0.4, 0.5) is 4.79 Å². The number of aromatic nitrogens is 3. The topological polar surface area (TPSA) is 115 Å². The number of amides is 3. The quantitative estimate of drug-likeness (QED) is 0.506. The summed E-state index contributed by atoms with van der Waals surface area (Å²) in [7, 11) is 0. The molecule has 0 radical (unpaired) electrons. The van der Waals surface area contributed by atoms with Crippen molar-refractivity contribution in [2.45, 2.75) is 25.4 Å². The Balaban J connectivity index is 1.65. The smallest absolute Gasteiger partial charge is 0.312 e. The van der Waals surface area contributed by atoms with Gasteiger partial charge in [-0.1, -0.05) is 40.2 Å². The molecule has 2 atom stereocenters. The molecule has 8 nitrogen and oxygen atoms in total. The summed E-state index contributed by atoms with van der Waals surface area (Å²) in [6.07, 6.45) is 3.16. The van der Waals surface area contributed by atoms with Crippen molar-refractivity contribution in [1.82, 2.24) is 25.4 Å². The van der Waals surface area contributed by atoms with Gasteiger partial charge in [-0.3, -0.25) is 4.79 Å². The third kappa shape index (κ3) is 5.64. The van der Waals surface area contributed by atoms with Crippen LogP contribution in [0.2, 0.25) is 0 Å². The normalized spacial score (nSPS) is 12.8. The van der Waals surface area contributed by atoms with E-state index >= 15 is 0 Å². The van der Waals surface area contributed by atoms with Crippen LogP contribution in [0.1, 0.15) is 36.6 Å². The maximum atomic E-state index is 12.6. The predicted octanol–water partition coefficient (Wildman–Crippen LogP) is 3.01. The second-order valence-corrected chi connectivity index (χ2v) is 7.46. The van der Waals surface area contributed by atoms with Gasteiger partial charge in [0.25, 0.3) is 0 Å². The second-order valence-electron chi connectivity index (χ2n) is 6.54. The second kappa shape index (κ2) is 9.33. The van der Waals surface area contributed by atoms with Crippen LogP contribution < -0.4 is 16.4 Å². The van der Waals surface area contributed by atoms with Crippen LogP contribution in [0.5, 0.6) is 0 Å². The van der Waals surface area contributed by atoms with Crippen LogP contribution in [0.25, 0.3) is 5.69 Å². The first-order valence-electron chi connectivity index (χ1n) is 8.98. The van der Waals surface area contributed by atoms with Gasteiger partial charge < -0.3 is 16.4 Å². The molecule has 1 heterocycles. The van der Waals surface area contributed by atoms with Crippen LogP contribution in [0, 0.1) is 0 Å². The molecule has 0 aliphatic rings. The molecule has 3 rings (SSSR count). The number of halogens is 1. The number of nitrogens with two attached hydrogens (primary N) is 1. The molecule has 29 heavy (non-hydrogen) atoms. The largest absolute Gasteiger partial charge is 0.352 e. The fourth-order valence-electron chi connectivity index (χ4n) is 2.97. The Morgan fingerprint density at radius 2 is 1.90 bits per heavy atom. The lowest BCUT2D eigenvalue weighted by molar-refractivity contribution is -0.122. The molecule has 0 unspecified atom stereocenters. The van der Waals surface area contributed by atoms with Crippen molar-refractivity contribution in [3.8, 4) is 5.69 Å². The van der Waals surface area contributed by atoms with Gasteiger partial charge in [-0.25, -0.2) is 14.5 Å². The van der Waals surface area contributed by atoms with Gasteiger partial charge in [0, 0.05) is 4.47 Å². The lowest BCUT2D eigenvalue weighted by atomic mass is 10.0. The van der Waals surface area contributed by atoms with Crippen LogP contribution in [-0.2, 0) is 4.79 Å². The molecule has 0 aliphatic carbocycles. The van der Waals surface area contributed by atoms with Gasteiger partial charge in [-0.05, 0) is 42.3 Å². The standard InChI is InChI=1S/C20H21BrN6O2/c1-13(14-5-7-17(8-6-14)27-12-23-11-24-27)25-19(28)10-18(26-20(22)29)15-3-2-4-16(21)9-15/h2-9,11-13,18H,10H2,1H3,(H,25,28)(H3,22,26,29)/t13-,18+/m0/s1. The third-order valence-electron chi connectivity index (χ3n) is 4.41. The van der Waals surface area contributed by atoms with Gasteiger partial charge in [0.2, 0.25) is 5.91 Å². The Morgan fingerprint density at radius 3 is 2.52 bits per heavy atom. The summed E-state index contributed by atoms with van der Waals surface area (Å²) < 4.78 is 2.51. The molecule has 3 amide bonds. The Bertz CT molecular complexity index is 975. The van der Waals surface area contributed by atoms with Gasteiger partial charge in [0.05, 0.1) is 24.2 Å². The molecular formula is C20H21BrN6O2. The van der Waals surface area contributed by atoms with Crippen molar-refractivity contribution in [1.29, 1.82) is 0 Å². The number of benzene rings is 2. The minimum atomic E-state index is -0.681. The number of carbonyl (C=O) groups is 2. The molecule has 3 aromatic rings. The van der Waals surface area contributed by atoms with E-state index in [4.69, 9.17) is 5.73 Å². The number of rotatable bonds is 7. The lowest BCUT2D eigenvalue weighted by Crippen LogP contribution is -2.37.